The van der Waals surface area contributed by atoms with Gasteiger partial charge in [0, 0.05) is 56.3 Å². The van der Waals surface area contributed by atoms with Crippen molar-refractivity contribution in [1.82, 2.24) is 19.8 Å². The number of likely N-dealkylation sites (tertiary alicyclic amines) is 1. The van der Waals surface area contributed by atoms with Crippen LogP contribution in [0.15, 0.2) is 48.8 Å². The number of rotatable bonds is 7. The minimum Gasteiger partial charge on any atom is -0.461 e. The Morgan fingerprint density at radius 3 is 2.64 bits per heavy atom. The molecule has 0 saturated carbocycles. The number of likely N-dealkylation sites (N-methyl/N-ethyl adjacent to an activating group) is 1. The quantitative estimate of drug-likeness (QED) is 0.302. The van der Waals surface area contributed by atoms with Gasteiger partial charge in [-0.2, -0.15) is 9.97 Å². The molecule has 10 nitrogen and oxygen atoms in total. The third kappa shape index (κ3) is 5.52. The number of nitrogens with zero attached hydrogens (tertiary/aromatic N) is 7. The molecule has 0 unspecified atom stereocenters. The Kier molecular flexibility index (Phi) is 8.08. The van der Waals surface area contributed by atoms with Crippen LogP contribution in [0, 0.1) is 13.5 Å². The number of benzene rings is 2. The Morgan fingerprint density at radius 1 is 1.11 bits per heavy atom. The van der Waals surface area contributed by atoms with Crippen molar-refractivity contribution in [3.05, 3.63) is 77.0 Å². The number of hydrogen-bond acceptors (Lipinski definition) is 7. The highest BCUT2D eigenvalue weighted by Gasteiger charge is 2.36. The lowest BCUT2D eigenvalue weighted by Gasteiger charge is -2.41. The predicted octanol–water partition coefficient (Wildman–Crippen LogP) is 3.92. The van der Waals surface area contributed by atoms with Crippen LogP contribution in [0.4, 0.5) is 15.9 Å². The van der Waals surface area contributed by atoms with Gasteiger partial charge >= 0.3 is 6.01 Å². The van der Waals surface area contributed by atoms with Crippen LogP contribution in [0.2, 0.25) is 0 Å². The van der Waals surface area contributed by atoms with Gasteiger partial charge in [-0.05, 0) is 36.8 Å². The van der Waals surface area contributed by atoms with Gasteiger partial charge in [0.05, 0.1) is 18.3 Å². The summed E-state index contributed by atoms with van der Waals surface area (Å²) in [6.45, 7) is 15.4. The summed E-state index contributed by atoms with van der Waals surface area (Å²) in [5, 5.41) is 2.40. The lowest BCUT2D eigenvalue weighted by molar-refractivity contribution is -0.131. The number of piperazine rings is 1. The maximum absolute atomic E-state index is 13.8. The molecular formula is C33H36FN7O3. The molecule has 0 radical (unpaired) electrons. The van der Waals surface area contributed by atoms with Crippen molar-refractivity contribution in [2.75, 3.05) is 56.2 Å². The zero-order valence-corrected chi connectivity index (χ0v) is 25.1. The standard InChI is InChI=1S/C33H36FN7O3/c1-21-7-5-8-23-9-6-10-28(30(21)23)39-14-13-26-27(19-39)36-33(44-20-24-11-12-29(42)38(24)4)37-31(26)40-15-16-41(32(43)22(2)34)25(18-40)17-35-3/h5-10,24-25H,2,11-20H2,1,4H3/t24-,25-/m0/s1. The van der Waals surface area contributed by atoms with Gasteiger partial charge in [0.15, 0.2) is 5.83 Å². The maximum atomic E-state index is 13.8. The SMILES string of the molecule is [C-]#[N+]C[C@H]1CN(c2nc(OC[C@@H]3CCC(=O)N3C)nc3c2CCN(c2cccc4cccc(C)c24)C3)CCN1C(=O)C(=C)F. The summed E-state index contributed by atoms with van der Waals surface area (Å²) < 4.78 is 20.0. The van der Waals surface area contributed by atoms with E-state index in [9.17, 15) is 14.0 Å². The first-order valence-electron chi connectivity index (χ1n) is 15.0. The second-order valence-corrected chi connectivity index (χ2v) is 11.7. The van der Waals surface area contributed by atoms with Crippen LogP contribution in [0.5, 0.6) is 6.01 Å². The van der Waals surface area contributed by atoms with Crippen LogP contribution in [-0.4, -0.2) is 90.0 Å². The van der Waals surface area contributed by atoms with Gasteiger partial charge in [-0.1, -0.05) is 36.9 Å². The number of hydrogen-bond donors (Lipinski definition) is 0. The van der Waals surface area contributed by atoms with Crippen molar-refractivity contribution in [2.45, 2.75) is 44.8 Å². The fourth-order valence-electron chi connectivity index (χ4n) is 6.65. The van der Waals surface area contributed by atoms with Crippen molar-refractivity contribution in [3.63, 3.8) is 0 Å². The predicted molar refractivity (Wildman–Crippen MR) is 166 cm³/mol. The monoisotopic (exact) mass is 597 g/mol. The summed E-state index contributed by atoms with van der Waals surface area (Å²) >= 11 is 0. The number of carbonyl (C=O) groups excluding carboxylic acids is 2. The molecule has 6 rings (SSSR count). The first kappa shape index (κ1) is 29.4. The summed E-state index contributed by atoms with van der Waals surface area (Å²) in [6.07, 6.45) is 1.91. The van der Waals surface area contributed by atoms with E-state index in [2.05, 4.69) is 64.5 Å². The van der Waals surface area contributed by atoms with E-state index >= 15 is 0 Å². The molecule has 2 amide bonds. The van der Waals surface area contributed by atoms with Gasteiger partial charge in [0.2, 0.25) is 12.5 Å². The molecule has 44 heavy (non-hydrogen) atoms. The third-order valence-electron chi connectivity index (χ3n) is 9.07. The van der Waals surface area contributed by atoms with Crippen LogP contribution >= 0.6 is 0 Å². The first-order valence-corrected chi connectivity index (χ1v) is 15.0. The maximum Gasteiger partial charge on any atom is 0.318 e. The van der Waals surface area contributed by atoms with Gasteiger partial charge in [-0.25, -0.2) is 11.0 Å². The van der Waals surface area contributed by atoms with Gasteiger partial charge in [0.25, 0.3) is 5.91 Å². The van der Waals surface area contributed by atoms with Crippen LogP contribution < -0.4 is 14.5 Å². The Bertz CT molecular complexity index is 1670. The first-order chi connectivity index (χ1) is 21.2. The normalized spacial score (nSPS) is 20.1. The second-order valence-electron chi connectivity index (χ2n) is 11.7. The molecule has 0 N–H and O–H groups in total. The van der Waals surface area contributed by atoms with E-state index < -0.39 is 17.8 Å². The molecule has 228 valence electrons. The van der Waals surface area contributed by atoms with E-state index in [4.69, 9.17) is 21.3 Å². The number of aromatic nitrogens is 2. The molecule has 2 aromatic carbocycles. The van der Waals surface area contributed by atoms with Crippen molar-refractivity contribution in [3.8, 4) is 6.01 Å². The molecule has 0 aliphatic carbocycles. The van der Waals surface area contributed by atoms with Crippen LogP contribution in [0.25, 0.3) is 15.6 Å². The Labute approximate surface area is 256 Å². The number of amides is 2. The molecule has 3 aliphatic rings. The number of aryl methyl sites for hydroxylation is 1. The molecule has 1 aromatic heterocycles. The summed E-state index contributed by atoms with van der Waals surface area (Å²) in [4.78, 5) is 45.4. The number of carbonyl (C=O) groups is 2. The van der Waals surface area contributed by atoms with E-state index in [0.717, 1.165) is 35.7 Å². The molecule has 2 atom stereocenters. The molecule has 3 aliphatic heterocycles. The highest BCUT2D eigenvalue weighted by Crippen LogP contribution is 2.36. The lowest BCUT2D eigenvalue weighted by atomic mass is 9.99. The van der Waals surface area contributed by atoms with E-state index in [0.29, 0.717) is 32.5 Å². The molecule has 4 heterocycles. The zero-order valence-electron chi connectivity index (χ0n) is 25.1. The third-order valence-corrected chi connectivity index (χ3v) is 9.07. The van der Waals surface area contributed by atoms with Gasteiger partial charge in [0.1, 0.15) is 18.5 Å². The van der Waals surface area contributed by atoms with Crippen LogP contribution in [0.1, 0.15) is 29.7 Å². The van der Waals surface area contributed by atoms with Crippen molar-refractivity contribution < 1.29 is 18.7 Å². The van der Waals surface area contributed by atoms with Gasteiger partial charge < -0.3 is 29.2 Å². The van der Waals surface area contributed by atoms with Crippen LogP contribution in [0.3, 0.4) is 0 Å². The zero-order chi connectivity index (χ0) is 31.0. The molecule has 3 aromatic rings. The summed E-state index contributed by atoms with van der Waals surface area (Å²) in [7, 11) is 1.79. The number of ether oxygens (including phenoxy) is 1. The van der Waals surface area contributed by atoms with Crippen molar-refractivity contribution >= 4 is 34.1 Å². The average molecular weight is 598 g/mol. The second kappa shape index (κ2) is 12.1. The molecular weight excluding hydrogens is 561 g/mol. The molecule has 11 heteroatoms. The average Bonchev–Trinajstić information content (AvgIpc) is 3.35. The van der Waals surface area contributed by atoms with E-state index in [1.165, 1.54) is 21.2 Å². The summed E-state index contributed by atoms with van der Waals surface area (Å²) in [5.41, 5.74) is 4.22. The summed E-state index contributed by atoms with van der Waals surface area (Å²) in [6, 6.07) is 12.4. The van der Waals surface area contributed by atoms with E-state index in [1.54, 1.807) is 11.9 Å². The fourth-order valence-corrected chi connectivity index (χ4v) is 6.65. The molecule has 0 spiro atoms. The Hall–Kier alpha value is -4.72. The molecule has 2 saturated heterocycles. The Morgan fingerprint density at radius 2 is 1.91 bits per heavy atom. The van der Waals surface area contributed by atoms with E-state index in [1.807, 2.05) is 0 Å². The van der Waals surface area contributed by atoms with E-state index in [-0.39, 0.29) is 37.7 Å². The minimum atomic E-state index is -1.03. The number of halogens is 1. The smallest absolute Gasteiger partial charge is 0.318 e. The highest BCUT2D eigenvalue weighted by atomic mass is 19.1. The van der Waals surface area contributed by atoms with Gasteiger partial charge in [-0.3, -0.25) is 9.59 Å². The fraction of sp³-hybridized carbons (Fsp3) is 0.424. The molecule has 2 fully saturated rings. The number of fused-ring (bicyclic) bond motifs is 2. The lowest BCUT2D eigenvalue weighted by Crippen LogP contribution is -2.57. The Balaban J connectivity index is 1.34. The number of anilines is 2. The van der Waals surface area contributed by atoms with Crippen molar-refractivity contribution in [1.29, 1.82) is 0 Å². The highest BCUT2D eigenvalue weighted by molar-refractivity contribution is 5.97. The largest absolute Gasteiger partial charge is 0.461 e. The van der Waals surface area contributed by atoms with Crippen LogP contribution in [-0.2, 0) is 22.6 Å². The molecule has 0 bridgehead atoms. The topological polar surface area (TPSA) is 86.5 Å². The van der Waals surface area contributed by atoms with Gasteiger partial charge in [-0.15, -0.1) is 0 Å². The summed E-state index contributed by atoms with van der Waals surface area (Å²) in [5.74, 6) is -0.984. The minimum absolute atomic E-state index is 0.0441. The van der Waals surface area contributed by atoms with Crippen molar-refractivity contribution in [2.24, 2.45) is 0 Å².